The summed E-state index contributed by atoms with van der Waals surface area (Å²) < 4.78 is 6.43. The Balaban J connectivity index is 2.43. The maximum absolute atomic E-state index is 11.2. The van der Waals surface area contributed by atoms with E-state index < -0.39 is 4.92 Å². The van der Waals surface area contributed by atoms with Crippen molar-refractivity contribution in [1.29, 1.82) is 0 Å². The molecule has 1 aromatic heterocycles. The van der Waals surface area contributed by atoms with Gasteiger partial charge in [-0.25, -0.2) is 4.98 Å². The van der Waals surface area contributed by atoms with Crippen LogP contribution in [0.4, 0.5) is 11.6 Å². The van der Waals surface area contributed by atoms with Crippen molar-refractivity contribution in [2.45, 2.75) is 13.8 Å². The quantitative estimate of drug-likeness (QED) is 0.651. The van der Waals surface area contributed by atoms with Crippen molar-refractivity contribution in [3.05, 3.63) is 44.5 Å². The Bertz CT molecular complexity index is 661. The van der Waals surface area contributed by atoms with E-state index in [0.29, 0.717) is 18.2 Å². The molecule has 0 unspecified atom stereocenters. The molecular formula is C13H13BrN4O3. The Hall–Kier alpha value is -2.22. The van der Waals surface area contributed by atoms with Crippen LogP contribution < -0.4 is 10.1 Å². The van der Waals surface area contributed by atoms with Gasteiger partial charge in [0.05, 0.1) is 4.92 Å². The van der Waals surface area contributed by atoms with Crippen LogP contribution >= 0.6 is 15.9 Å². The summed E-state index contributed by atoms with van der Waals surface area (Å²) in [6, 6.07) is 6.94. The lowest BCUT2D eigenvalue weighted by atomic mass is 10.3. The minimum absolute atomic E-state index is 0.0780. The van der Waals surface area contributed by atoms with Gasteiger partial charge >= 0.3 is 11.6 Å². The van der Waals surface area contributed by atoms with Gasteiger partial charge in [-0.05, 0) is 38.1 Å². The van der Waals surface area contributed by atoms with E-state index in [0.717, 1.165) is 4.47 Å². The van der Waals surface area contributed by atoms with E-state index in [1.807, 2.05) is 6.92 Å². The number of nitro groups is 1. The van der Waals surface area contributed by atoms with Crippen LogP contribution in [0, 0.1) is 17.0 Å². The maximum atomic E-state index is 11.2. The number of rotatable bonds is 5. The molecule has 0 aliphatic rings. The number of aryl methyl sites for hydroxylation is 1. The zero-order valence-electron chi connectivity index (χ0n) is 11.5. The first-order valence-corrected chi connectivity index (χ1v) is 7.01. The van der Waals surface area contributed by atoms with Crippen LogP contribution in [0.15, 0.2) is 28.7 Å². The third kappa shape index (κ3) is 3.66. The summed E-state index contributed by atoms with van der Waals surface area (Å²) in [4.78, 5) is 18.7. The highest BCUT2D eigenvalue weighted by Gasteiger charge is 2.24. The molecule has 0 radical (unpaired) electrons. The number of ether oxygens (including phenoxy) is 1. The van der Waals surface area contributed by atoms with Crippen molar-refractivity contribution in [3.63, 3.8) is 0 Å². The number of hydrogen-bond donors (Lipinski definition) is 1. The van der Waals surface area contributed by atoms with Gasteiger partial charge in [0, 0.05) is 11.0 Å². The third-order valence-electron chi connectivity index (χ3n) is 2.57. The SMILES string of the molecule is CCNc1nc(C)c([N+](=O)[O-])c(Oc2ccc(Br)cc2)n1. The van der Waals surface area contributed by atoms with Gasteiger partial charge in [-0.2, -0.15) is 4.98 Å². The average molecular weight is 353 g/mol. The Morgan fingerprint density at radius 2 is 2.00 bits per heavy atom. The van der Waals surface area contributed by atoms with E-state index in [2.05, 4.69) is 31.2 Å². The molecule has 0 aliphatic heterocycles. The van der Waals surface area contributed by atoms with E-state index >= 15 is 0 Å². The second-order valence-electron chi connectivity index (χ2n) is 4.13. The van der Waals surface area contributed by atoms with Crippen LogP contribution in [0.5, 0.6) is 11.6 Å². The minimum atomic E-state index is -0.542. The third-order valence-corrected chi connectivity index (χ3v) is 3.10. The van der Waals surface area contributed by atoms with Crippen LogP contribution in [0.2, 0.25) is 0 Å². The van der Waals surface area contributed by atoms with Gasteiger partial charge in [0.2, 0.25) is 5.95 Å². The Morgan fingerprint density at radius 1 is 1.33 bits per heavy atom. The van der Waals surface area contributed by atoms with E-state index in [9.17, 15) is 10.1 Å². The molecule has 0 saturated carbocycles. The fraction of sp³-hybridized carbons (Fsp3) is 0.231. The zero-order chi connectivity index (χ0) is 15.4. The first-order chi connectivity index (χ1) is 10.0. The Labute approximate surface area is 129 Å². The summed E-state index contributed by atoms with van der Waals surface area (Å²) in [5, 5.41) is 14.1. The topological polar surface area (TPSA) is 90.2 Å². The van der Waals surface area contributed by atoms with Gasteiger partial charge in [0.15, 0.2) is 0 Å². The predicted molar refractivity (Wildman–Crippen MR) is 81.8 cm³/mol. The summed E-state index contributed by atoms with van der Waals surface area (Å²) in [6.07, 6.45) is 0. The van der Waals surface area contributed by atoms with Crippen LogP contribution in [0.3, 0.4) is 0 Å². The highest BCUT2D eigenvalue weighted by atomic mass is 79.9. The molecule has 0 aliphatic carbocycles. The van der Waals surface area contributed by atoms with Gasteiger partial charge in [-0.1, -0.05) is 15.9 Å². The molecule has 1 N–H and O–H groups in total. The fourth-order valence-electron chi connectivity index (χ4n) is 1.67. The molecule has 0 spiro atoms. The second-order valence-corrected chi connectivity index (χ2v) is 5.05. The molecule has 0 saturated heterocycles. The number of nitrogens with zero attached hydrogens (tertiary/aromatic N) is 3. The van der Waals surface area contributed by atoms with Crippen LogP contribution in [0.25, 0.3) is 0 Å². The minimum Gasteiger partial charge on any atom is -0.434 e. The van der Waals surface area contributed by atoms with Crippen LogP contribution in [0.1, 0.15) is 12.6 Å². The molecule has 7 nitrogen and oxygen atoms in total. The summed E-state index contributed by atoms with van der Waals surface area (Å²) in [5.41, 5.74) is 0.0117. The number of aromatic nitrogens is 2. The van der Waals surface area contributed by atoms with Crippen LogP contribution in [-0.4, -0.2) is 21.4 Å². The molecule has 0 atom stereocenters. The molecular weight excluding hydrogens is 340 g/mol. The summed E-state index contributed by atoms with van der Waals surface area (Å²) >= 11 is 3.31. The Morgan fingerprint density at radius 3 is 2.57 bits per heavy atom. The highest BCUT2D eigenvalue weighted by Crippen LogP contribution is 2.32. The number of halogens is 1. The maximum Gasteiger partial charge on any atom is 0.352 e. The van der Waals surface area contributed by atoms with Crippen molar-refractivity contribution in [2.75, 3.05) is 11.9 Å². The smallest absolute Gasteiger partial charge is 0.352 e. The van der Waals surface area contributed by atoms with E-state index in [-0.39, 0.29) is 17.3 Å². The number of benzene rings is 1. The van der Waals surface area contributed by atoms with Gasteiger partial charge in [-0.3, -0.25) is 10.1 Å². The molecule has 110 valence electrons. The van der Waals surface area contributed by atoms with Crippen molar-refractivity contribution in [1.82, 2.24) is 9.97 Å². The normalized spacial score (nSPS) is 10.2. The summed E-state index contributed by atoms with van der Waals surface area (Å²) in [7, 11) is 0. The van der Waals surface area contributed by atoms with Gasteiger partial charge in [0.25, 0.3) is 0 Å². The van der Waals surface area contributed by atoms with Crippen molar-refractivity contribution < 1.29 is 9.66 Å². The highest BCUT2D eigenvalue weighted by molar-refractivity contribution is 9.10. The van der Waals surface area contributed by atoms with Crippen molar-refractivity contribution in [2.24, 2.45) is 0 Å². The lowest BCUT2D eigenvalue weighted by Crippen LogP contribution is -2.07. The summed E-state index contributed by atoms with van der Waals surface area (Å²) in [5.74, 6) is 0.681. The number of anilines is 1. The van der Waals surface area contributed by atoms with Gasteiger partial charge < -0.3 is 10.1 Å². The second kappa shape index (κ2) is 6.49. The van der Waals surface area contributed by atoms with E-state index in [4.69, 9.17) is 4.74 Å². The van der Waals surface area contributed by atoms with Gasteiger partial charge in [-0.15, -0.1) is 0 Å². The first kappa shape index (κ1) is 15.2. The fourth-order valence-corrected chi connectivity index (χ4v) is 1.94. The van der Waals surface area contributed by atoms with Crippen molar-refractivity contribution >= 4 is 27.6 Å². The molecule has 0 bridgehead atoms. The zero-order valence-corrected chi connectivity index (χ0v) is 13.0. The van der Waals surface area contributed by atoms with E-state index in [1.165, 1.54) is 0 Å². The van der Waals surface area contributed by atoms with E-state index in [1.54, 1.807) is 31.2 Å². The predicted octanol–water partition coefficient (Wildman–Crippen LogP) is 3.68. The molecule has 0 amide bonds. The molecule has 2 aromatic rings. The van der Waals surface area contributed by atoms with Gasteiger partial charge in [0.1, 0.15) is 11.4 Å². The molecule has 1 heterocycles. The molecule has 21 heavy (non-hydrogen) atoms. The largest absolute Gasteiger partial charge is 0.434 e. The Kier molecular flexibility index (Phi) is 4.69. The van der Waals surface area contributed by atoms with Crippen molar-refractivity contribution in [3.8, 4) is 11.6 Å². The molecule has 1 aromatic carbocycles. The summed E-state index contributed by atoms with van der Waals surface area (Å²) in [6.45, 7) is 4.04. The van der Waals surface area contributed by atoms with Crippen LogP contribution in [-0.2, 0) is 0 Å². The lowest BCUT2D eigenvalue weighted by Gasteiger charge is -2.09. The lowest BCUT2D eigenvalue weighted by molar-refractivity contribution is -0.386. The number of nitrogens with one attached hydrogen (secondary N) is 1. The monoisotopic (exact) mass is 352 g/mol. The number of hydrogen-bond acceptors (Lipinski definition) is 6. The molecule has 0 fully saturated rings. The standard InChI is InChI=1S/C13H13BrN4O3/c1-3-15-13-16-8(2)11(18(19)20)12(17-13)21-10-6-4-9(14)5-7-10/h4-7H,3H2,1-2H3,(H,15,16,17). The average Bonchev–Trinajstić information content (AvgIpc) is 2.41. The molecule has 2 rings (SSSR count). The molecule has 8 heteroatoms. The first-order valence-electron chi connectivity index (χ1n) is 6.21.